The molecule has 1 aliphatic rings. The van der Waals surface area contributed by atoms with Crippen LogP contribution in [0.4, 0.5) is 0 Å². The molecule has 6 heteroatoms. The molecule has 2 N–H and O–H groups in total. The number of rotatable bonds is 8. The number of nitrogens with zero attached hydrogens (tertiary/aromatic N) is 1. The largest absolute Gasteiger partial charge is 0.493 e. The van der Waals surface area contributed by atoms with E-state index in [1.807, 2.05) is 11.0 Å². The minimum atomic E-state index is -0.839. The first-order valence-electron chi connectivity index (χ1n) is 8.57. The number of carboxylic acid groups (broad SMARTS) is 1. The maximum Gasteiger partial charge on any atom is 0.325 e. The molecule has 2 rings (SSSR count). The zero-order chi connectivity index (χ0) is 17.5. The molecule has 0 saturated carbocycles. The van der Waals surface area contributed by atoms with Crippen LogP contribution in [0.25, 0.3) is 0 Å². The Kier molecular flexibility index (Phi) is 6.87. The Morgan fingerprint density at radius 3 is 2.88 bits per heavy atom. The number of unbranched alkanes of at least 4 members (excludes halogenated alkanes) is 1. The number of hydrogen-bond acceptors (Lipinski definition) is 5. The number of carboxylic acids is 1. The van der Waals surface area contributed by atoms with E-state index in [-0.39, 0.29) is 6.04 Å². The molecule has 0 aliphatic carbocycles. The van der Waals surface area contributed by atoms with Gasteiger partial charge in [0.05, 0.1) is 13.7 Å². The monoisotopic (exact) mass is 336 g/mol. The molecule has 1 heterocycles. The number of methoxy groups -OCH3 is 1. The van der Waals surface area contributed by atoms with Gasteiger partial charge >= 0.3 is 5.97 Å². The number of ether oxygens (including phenoxy) is 2. The van der Waals surface area contributed by atoms with Gasteiger partial charge in [-0.15, -0.1) is 0 Å². The van der Waals surface area contributed by atoms with Gasteiger partial charge in [-0.2, -0.15) is 0 Å². The van der Waals surface area contributed by atoms with Crippen molar-refractivity contribution in [2.75, 3.05) is 33.4 Å². The summed E-state index contributed by atoms with van der Waals surface area (Å²) in [7, 11) is 1.59. The molecule has 1 saturated heterocycles. The fraction of sp³-hybridized carbons (Fsp3) is 0.611. The Morgan fingerprint density at radius 2 is 2.25 bits per heavy atom. The first kappa shape index (κ1) is 18.5. The topological polar surface area (TPSA) is 71.0 Å². The Labute approximate surface area is 143 Å². The van der Waals surface area contributed by atoms with Crippen molar-refractivity contribution in [3.05, 3.63) is 23.8 Å². The van der Waals surface area contributed by atoms with Gasteiger partial charge in [-0.25, -0.2) is 0 Å². The Bertz CT molecular complexity index is 550. The molecule has 0 aromatic heterocycles. The Morgan fingerprint density at radius 1 is 1.46 bits per heavy atom. The fourth-order valence-corrected chi connectivity index (χ4v) is 3.01. The highest BCUT2D eigenvalue weighted by Gasteiger charge is 2.31. The van der Waals surface area contributed by atoms with Crippen molar-refractivity contribution in [2.45, 2.75) is 38.8 Å². The van der Waals surface area contributed by atoms with Crippen molar-refractivity contribution in [3.8, 4) is 11.5 Å². The Balaban J connectivity index is 2.25. The lowest BCUT2D eigenvalue weighted by Crippen LogP contribution is -2.51. The predicted octanol–water partition coefficient (Wildman–Crippen LogP) is 2.29. The van der Waals surface area contributed by atoms with Gasteiger partial charge in [0.2, 0.25) is 0 Å². The number of carbonyl (C=O) groups is 1. The molecule has 1 aliphatic heterocycles. The molecule has 0 amide bonds. The third-order valence-corrected chi connectivity index (χ3v) is 4.26. The van der Waals surface area contributed by atoms with E-state index in [1.54, 1.807) is 19.2 Å². The van der Waals surface area contributed by atoms with Crippen molar-refractivity contribution < 1.29 is 19.4 Å². The highest BCUT2D eigenvalue weighted by atomic mass is 16.5. The zero-order valence-corrected chi connectivity index (χ0v) is 14.7. The smallest absolute Gasteiger partial charge is 0.325 e. The summed E-state index contributed by atoms with van der Waals surface area (Å²) in [5, 5.41) is 13.1. The van der Waals surface area contributed by atoms with E-state index in [0.29, 0.717) is 31.2 Å². The van der Waals surface area contributed by atoms with Crippen molar-refractivity contribution in [3.63, 3.8) is 0 Å². The van der Waals surface area contributed by atoms with Gasteiger partial charge in [0.25, 0.3) is 0 Å². The van der Waals surface area contributed by atoms with E-state index in [0.717, 1.165) is 24.9 Å². The van der Waals surface area contributed by atoms with Crippen molar-refractivity contribution in [1.82, 2.24) is 10.2 Å². The normalized spacial score (nSPS) is 19.7. The first-order chi connectivity index (χ1) is 11.6. The van der Waals surface area contributed by atoms with Gasteiger partial charge < -0.3 is 19.9 Å². The Hall–Kier alpha value is -1.79. The van der Waals surface area contributed by atoms with Gasteiger partial charge in [-0.05, 0) is 31.0 Å². The van der Waals surface area contributed by atoms with E-state index in [1.165, 1.54) is 0 Å². The van der Waals surface area contributed by atoms with Gasteiger partial charge in [0, 0.05) is 25.7 Å². The van der Waals surface area contributed by atoms with Crippen LogP contribution in [-0.2, 0) is 4.79 Å². The lowest BCUT2D eigenvalue weighted by molar-refractivity contribution is -0.144. The summed E-state index contributed by atoms with van der Waals surface area (Å²) >= 11 is 0. The summed E-state index contributed by atoms with van der Waals surface area (Å²) in [4.78, 5) is 13.9. The van der Waals surface area contributed by atoms with Crippen molar-refractivity contribution >= 4 is 5.97 Å². The van der Waals surface area contributed by atoms with Gasteiger partial charge in [-0.3, -0.25) is 9.69 Å². The molecule has 1 fully saturated rings. The predicted molar refractivity (Wildman–Crippen MR) is 92.8 cm³/mol. The van der Waals surface area contributed by atoms with Crippen LogP contribution in [0.2, 0.25) is 0 Å². The number of benzene rings is 1. The average molecular weight is 336 g/mol. The molecule has 24 heavy (non-hydrogen) atoms. The molecule has 2 unspecified atom stereocenters. The first-order valence-corrected chi connectivity index (χ1v) is 8.57. The van der Waals surface area contributed by atoms with Crippen LogP contribution in [0.3, 0.4) is 0 Å². The zero-order valence-electron chi connectivity index (χ0n) is 14.7. The minimum absolute atomic E-state index is 0.277. The third-order valence-electron chi connectivity index (χ3n) is 4.26. The number of aliphatic carboxylic acids is 1. The van der Waals surface area contributed by atoms with Crippen LogP contribution in [-0.4, -0.2) is 55.4 Å². The molecule has 0 radical (unpaired) electrons. The summed E-state index contributed by atoms with van der Waals surface area (Å²) < 4.78 is 11.1. The molecule has 2 atom stereocenters. The highest BCUT2D eigenvalue weighted by molar-refractivity contribution is 5.76. The minimum Gasteiger partial charge on any atom is -0.493 e. The maximum absolute atomic E-state index is 11.9. The van der Waals surface area contributed by atoms with Crippen molar-refractivity contribution in [1.29, 1.82) is 0 Å². The molecular weight excluding hydrogens is 308 g/mol. The van der Waals surface area contributed by atoms with E-state index in [9.17, 15) is 9.90 Å². The molecular formula is C18H28N2O4. The SMILES string of the molecule is CCCCOc1cc(C(C(=O)O)N2CCNC(C)C2)ccc1OC. The van der Waals surface area contributed by atoms with Crippen LogP contribution in [0.5, 0.6) is 11.5 Å². The molecule has 6 nitrogen and oxygen atoms in total. The van der Waals surface area contributed by atoms with Crippen LogP contribution in [0.1, 0.15) is 38.3 Å². The average Bonchev–Trinajstić information content (AvgIpc) is 2.55. The standard InChI is InChI=1S/C18H28N2O4/c1-4-5-10-24-16-11-14(6-7-15(16)23-3)17(18(21)22)20-9-8-19-13(2)12-20/h6-7,11,13,17,19H,4-5,8-10,12H2,1-3H3,(H,21,22). The van der Waals surface area contributed by atoms with Crippen LogP contribution in [0, 0.1) is 0 Å². The van der Waals surface area contributed by atoms with E-state index >= 15 is 0 Å². The molecule has 1 aromatic rings. The summed E-state index contributed by atoms with van der Waals surface area (Å²) in [6.45, 7) is 6.97. The number of piperazine rings is 1. The third kappa shape index (κ3) is 4.61. The van der Waals surface area contributed by atoms with Crippen LogP contribution < -0.4 is 14.8 Å². The number of nitrogens with one attached hydrogen (secondary N) is 1. The van der Waals surface area contributed by atoms with Gasteiger partial charge in [0.15, 0.2) is 11.5 Å². The summed E-state index contributed by atoms with van der Waals surface area (Å²) in [5.41, 5.74) is 0.726. The van der Waals surface area contributed by atoms with E-state index in [4.69, 9.17) is 9.47 Å². The highest BCUT2D eigenvalue weighted by Crippen LogP contribution is 2.33. The summed E-state index contributed by atoms with van der Waals surface area (Å²) in [6, 6.07) is 5.02. The van der Waals surface area contributed by atoms with E-state index < -0.39 is 12.0 Å². The fourth-order valence-electron chi connectivity index (χ4n) is 3.01. The van der Waals surface area contributed by atoms with Gasteiger partial charge in [0.1, 0.15) is 6.04 Å². The lowest BCUT2D eigenvalue weighted by Gasteiger charge is -2.36. The van der Waals surface area contributed by atoms with Gasteiger partial charge in [-0.1, -0.05) is 19.4 Å². The second-order valence-electron chi connectivity index (χ2n) is 6.20. The molecule has 1 aromatic carbocycles. The lowest BCUT2D eigenvalue weighted by atomic mass is 10.0. The van der Waals surface area contributed by atoms with Crippen molar-refractivity contribution in [2.24, 2.45) is 0 Å². The molecule has 0 spiro atoms. The second-order valence-corrected chi connectivity index (χ2v) is 6.20. The molecule has 134 valence electrons. The van der Waals surface area contributed by atoms with Crippen LogP contribution in [0.15, 0.2) is 18.2 Å². The quantitative estimate of drug-likeness (QED) is 0.710. The van der Waals surface area contributed by atoms with E-state index in [2.05, 4.69) is 19.2 Å². The summed E-state index contributed by atoms with van der Waals surface area (Å²) in [6.07, 6.45) is 1.99. The second kappa shape index (κ2) is 8.89. The maximum atomic E-state index is 11.9. The van der Waals surface area contributed by atoms with Crippen LogP contribution >= 0.6 is 0 Å². The molecule has 0 bridgehead atoms. The number of hydrogen-bond donors (Lipinski definition) is 2. The summed E-state index contributed by atoms with van der Waals surface area (Å²) in [5.74, 6) is 0.402.